The van der Waals surface area contributed by atoms with E-state index in [0.717, 1.165) is 16.7 Å². The summed E-state index contributed by atoms with van der Waals surface area (Å²) in [6, 6.07) is 5.87. The third kappa shape index (κ3) is 2.34. The normalized spacial score (nSPS) is 8.77. The highest BCUT2D eigenvalue weighted by molar-refractivity contribution is 5.92. The second-order valence-corrected chi connectivity index (χ2v) is 2.88. The van der Waals surface area contributed by atoms with Gasteiger partial charge in [0.1, 0.15) is 0 Å². The standard InChI is InChI=1S/C11H11NO/c1-8-4-3-5-9(2)10(8)6-7-11(12)13/h3-5H,1-2H3,(H2,12,13). The second-order valence-electron chi connectivity index (χ2n) is 2.88. The minimum absolute atomic E-state index is 0.595. The van der Waals surface area contributed by atoms with Crippen LogP contribution in [-0.4, -0.2) is 5.91 Å². The quantitative estimate of drug-likeness (QED) is 0.587. The van der Waals surface area contributed by atoms with E-state index in [2.05, 4.69) is 11.8 Å². The summed E-state index contributed by atoms with van der Waals surface area (Å²) in [6.45, 7) is 3.91. The largest absolute Gasteiger partial charge is 0.359 e. The van der Waals surface area contributed by atoms with Gasteiger partial charge in [-0.05, 0) is 30.9 Å². The Kier molecular flexibility index (Phi) is 2.71. The first-order valence-corrected chi connectivity index (χ1v) is 3.99. The summed E-state index contributed by atoms with van der Waals surface area (Å²) in [5.74, 6) is 4.49. The van der Waals surface area contributed by atoms with Crippen molar-refractivity contribution in [1.29, 1.82) is 0 Å². The third-order valence-corrected chi connectivity index (χ3v) is 1.79. The number of nitrogens with two attached hydrogens (primary N) is 1. The van der Waals surface area contributed by atoms with E-state index in [-0.39, 0.29) is 0 Å². The first-order chi connectivity index (χ1) is 6.11. The van der Waals surface area contributed by atoms with Crippen molar-refractivity contribution in [1.82, 2.24) is 0 Å². The van der Waals surface area contributed by atoms with Crippen molar-refractivity contribution in [2.75, 3.05) is 0 Å². The lowest BCUT2D eigenvalue weighted by atomic mass is 10.0. The van der Waals surface area contributed by atoms with Crippen LogP contribution in [0.5, 0.6) is 0 Å². The van der Waals surface area contributed by atoms with Crippen LogP contribution in [0.4, 0.5) is 0 Å². The lowest BCUT2D eigenvalue weighted by Crippen LogP contribution is -2.06. The molecule has 13 heavy (non-hydrogen) atoms. The molecule has 0 radical (unpaired) electrons. The topological polar surface area (TPSA) is 43.1 Å². The molecular weight excluding hydrogens is 162 g/mol. The van der Waals surface area contributed by atoms with Crippen molar-refractivity contribution in [3.8, 4) is 11.8 Å². The van der Waals surface area contributed by atoms with Gasteiger partial charge in [-0.2, -0.15) is 0 Å². The van der Waals surface area contributed by atoms with Crippen molar-refractivity contribution >= 4 is 5.91 Å². The molecule has 66 valence electrons. The van der Waals surface area contributed by atoms with Crippen LogP contribution in [0.25, 0.3) is 0 Å². The number of amides is 1. The number of carbonyl (C=O) groups is 1. The van der Waals surface area contributed by atoms with Gasteiger partial charge in [0, 0.05) is 5.56 Å². The van der Waals surface area contributed by atoms with Gasteiger partial charge in [0.15, 0.2) is 0 Å². The smallest absolute Gasteiger partial charge is 0.293 e. The van der Waals surface area contributed by atoms with Gasteiger partial charge >= 0.3 is 0 Å². The van der Waals surface area contributed by atoms with E-state index in [1.54, 1.807) is 0 Å². The Balaban J connectivity index is 3.16. The molecule has 1 rings (SSSR count). The lowest BCUT2D eigenvalue weighted by Gasteiger charge is -2.00. The molecule has 0 spiro atoms. The van der Waals surface area contributed by atoms with E-state index in [0.29, 0.717) is 0 Å². The average molecular weight is 173 g/mol. The van der Waals surface area contributed by atoms with Crippen molar-refractivity contribution in [3.63, 3.8) is 0 Å². The number of hydrogen-bond acceptors (Lipinski definition) is 1. The molecule has 0 bridgehead atoms. The van der Waals surface area contributed by atoms with Crippen molar-refractivity contribution in [2.45, 2.75) is 13.8 Å². The summed E-state index contributed by atoms with van der Waals surface area (Å²) in [4.78, 5) is 10.4. The van der Waals surface area contributed by atoms with Crippen molar-refractivity contribution in [2.24, 2.45) is 5.73 Å². The van der Waals surface area contributed by atoms with Gasteiger partial charge in [0.2, 0.25) is 0 Å². The van der Waals surface area contributed by atoms with Gasteiger partial charge in [0.25, 0.3) is 5.91 Å². The van der Waals surface area contributed by atoms with E-state index in [1.165, 1.54) is 0 Å². The maximum absolute atomic E-state index is 10.4. The van der Waals surface area contributed by atoms with Gasteiger partial charge in [-0.3, -0.25) is 4.79 Å². The Labute approximate surface area is 77.8 Å². The molecule has 1 aromatic rings. The van der Waals surface area contributed by atoms with E-state index < -0.39 is 5.91 Å². The zero-order valence-corrected chi connectivity index (χ0v) is 7.72. The van der Waals surface area contributed by atoms with E-state index >= 15 is 0 Å². The zero-order valence-electron chi connectivity index (χ0n) is 7.72. The molecule has 0 aliphatic heterocycles. The van der Waals surface area contributed by atoms with Crippen molar-refractivity contribution < 1.29 is 4.79 Å². The summed E-state index contributed by atoms with van der Waals surface area (Å²) in [6.07, 6.45) is 0. The van der Waals surface area contributed by atoms with Crippen molar-refractivity contribution in [3.05, 3.63) is 34.9 Å². The van der Waals surface area contributed by atoms with Crippen LogP contribution >= 0.6 is 0 Å². The van der Waals surface area contributed by atoms with Crippen LogP contribution in [0.3, 0.4) is 0 Å². The monoisotopic (exact) mass is 173 g/mol. The van der Waals surface area contributed by atoms with Crippen LogP contribution in [0.15, 0.2) is 18.2 Å². The van der Waals surface area contributed by atoms with E-state index in [4.69, 9.17) is 5.73 Å². The molecule has 0 saturated carbocycles. The summed E-state index contributed by atoms with van der Waals surface area (Å²) in [5.41, 5.74) is 7.95. The first-order valence-electron chi connectivity index (χ1n) is 3.99. The molecule has 0 unspecified atom stereocenters. The van der Waals surface area contributed by atoms with Crippen LogP contribution < -0.4 is 5.73 Å². The van der Waals surface area contributed by atoms with Crippen LogP contribution in [0, 0.1) is 25.7 Å². The van der Waals surface area contributed by atoms with Crippen LogP contribution in [0.2, 0.25) is 0 Å². The lowest BCUT2D eigenvalue weighted by molar-refractivity contribution is -0.112. The number of rotatable bonds is 0. The molecule has 0 heterocycles. The number of carbonyl (C=O) groups excluding carboxylic acids is 1. The van der Waals surface area contributed by atoms with Crippen LogP contribution in [-0.2, 0) is 4.79 Å². The molecule has 0 aromatic heterocycles. The molecule has 0 atom stereocenters. The number of aryl methyl sites for hydroxylation is 2. The highest BCUT2D eigenvalue weighted by Gasteiger charge is 1.97. The van der Waals surface area contributed by atoms with Gasteiger partial charge in [-0.25, -0.2) is 0 Å². The Bertz CT molecular complexity index is 376. The van der Waals surface area contributed by atoms with Gasteiger partial charge in [0.05, 0.1) is 0 Å². The fourth-order valence-electron chi connectivity index (χ4n) is 1.14. The third-order valence-electron chi connectivity index (χ3n) is 1.79. The molecule has 0 saturated heterocycles. The minimum atomic E-state index is -0.595. The first kappa shape index (κ1) is 9.34. The fraction of sp³-hybridized carbons (Fsp3) is 0.182. The van der Waals surface area contributed by atoms with Gasteiger partial charge in [-0.15, -0.1) is 0 Å². The summed E-state index contributed by atoms with van der Waals surface area (Å²) >= 11 is 0. The number of primary amides is 1. The Morgan fingerprint density at radius 1 is 1.31 bits per heavy atom. The predicted molar refractivity (Wildman–Crippen MR) is 52.0 cm³/mol. The second kappa shape index (κ2) is 3.77. The highest BCUT2D eigenvalue weighted by atomic mass is 16.1. The Hall–Kier alpha value is -1.75. The maximum Gasteiger partial charge on any atom is 0.293 e. The summed E-state index contributed by atoms with van der Waals surface area (Å²) in [7, 11) is 0. The molecule has 2 nitrogen and oxygen atoms in total. The average Bonchev–Trinajstić information content (AvgIpc) is 2.03. The molecular formula is C11H11NO. The molecule has 0 aliphatic rings. The summed E-state index contributed by atoms with van der Waals surface area (Å²) in [5, 5.41) is 0. The molecule has 0 fully saturated rings. The highest BCUT2D eigenvalue weighted by Crippen LogP contribution is 2.10. The van der Waals surface area contributed by atoms with Crippen LogP contribution in [0.1, 0.15) is 16.7 Å². The molecule has 1 amide bonds. The summed E-state index contributed by atoms with van der Waals surface area (Å²) < 4.78 is 0. The van der Waals surface area contributed by atoms with Gasteiger partial charge < -0.3 is 5.73 Å². The molecule has 2 N–H and O–H groups in total. The fourth-order valence-corrected chi connectivity index (χ4v) is 1.14. The SMILES string of the molecule is Cc1cccc(C)c1C#CC(N)=O. The van der Waals surface area contributed by atoms with E-state index in [9.17, 15) is 4.79 Å². The molecule has 2 heteroatoms. The predicted octanol–water partition coefficient (Wildman–Crippen LogP) is 1.14. The molecule has 1 aromatic carbocycles. The number of benzene rings is 1. The maximum atomic E-state index is 10.4. The number of hydrogen-bond donors (Lipinski definition) is 1. The minimum Gasteiger partial charge on any atom is -0.359 e. The van der Waals surface area contributed by atoms with E-state index in [1.807, 2.05) is 32.0 Å². The Morgan fingerprint density at radius 2 is 1.85 bits per heavy atom. The van der Waals surface area contributed by atoms with Gasteiger partial charge in [-0.1, -0.05) is 24.1 Å². The Morgan fingerprint density at radius 3 is 2.31 bits per heavy atom. The zero-order chi connectivity index (χ0) is 9.84. The molecule has 0 aliphatic carbocycles.